The maximum absolute atomic E-state index is 13.2. The number of esters is 1. The number of fused-ring (bicyclic) bond motifs is 1. The average Bonchev–Trinajstić information content (AvgIpc) is 3.17. The molecule has 1 amide bonds. The van der Waals surface area contributed by atoms with Gasteiger partial charge in [0.15, 0.2) is 0 Å². The molecule has 2 heterocycles. The molecule has 5 nitrogen and oxygen atoms in total. The van der Waals surface area contributed by atoms with E-state index < -0.39 is 5.97 Å². The van der Waals surface area contributed by atoms with Crippen molar-refractivity contribution in [3.05, 3.63) is 81.8 Å². The second kappa shape index (κ2) is 8.88. The molecule has 0 bridgehead atoms. The van der Waals surface area contributed by atoms with Crippen LogP contribution in [0.1, 0.15) is 33.2 Å². The molecule has 0 fully saturated rings. The van der Waals surface area contributed by atoms with E-state index in [1.807, 2.05) is 54.8 Å². The summed E-state index contributed by atoms with van der Waals surface area (Å²) in [5.74, 6) is -0.851. The van der Waals surface area contributed by atoms with Crippen LogP contribution in [0.5, 0.6) is 0 Å². The first-order valence-corrected chi connectivity index (χ1v) is 11.0. The lowest BCUT2D eigenvalue weighted by atomic mass is 10.0. The van der Waals surface area contributed by atoms with Crippen LogP contribution in [0.15, 0.2) is 60.0 Å². The largest absolute Gasteiger partial charge is 0.462 e. The summed E-state index contributed by atoms with van der Waals surface area (Å²) >= 11 is 7.41. The van der Waals surface area contributed by atoms with Gasteiger partial charge in [0, 0.05) is 16.3 Å². The molecule has 0 saturated carbocycles. The number of aromatic nitrogens is 1. The van der Waals surface area contributed by atoms with Gasteiger partial charge in [-0.1, -0.05) is 59.6 Å². The number of thiophene rings is 1. The Morgan fingerprint density at radius 1 is 1.13 bits per heavy atom. The van der Waals surface area contributed by atoms with Gasteiger partial charge in [0.05, 0.1) is 17.7 Å². The number of nitrogens with zero attached hydrogens (tertiary/aromatic N) is 1. The summed E-state index contributed by atoms with van der Waals surface area (Å²) in [4.78, 5) is 30.2. The second-order valence-corrected chi connectivity index (χ2v) is 8.17. The third-order valence-electron chi connectivity index (χ3n) is 4.79. The van der Waals surface area contributed by atoms with Crippen LogP contribution in [0.2, 0.25) is 5.15 Å². The number of pyridine rings is 1. The Morgan fingerprint density at radius 2 is 1.87 bits per heavy atom. The third kappa shape index (κ3) is 4.31. The van der Waals surface area contributed by atoms with Gasteiger partial charge in [-0.2, -0.15) is 0 Å². The molecule has 4 rings (SSSR count). The fourth-order valence-corrected chi connectivity index (χ4v) is 4.46. The number of rotatable bonds is 5. The number of hydrogen-bond acceptors (Lipinski definition) is 5. The maximum atomic E-state index is 13.2. The molecule has 0 aliphatic carbocycles. The van der Waals surface area contributed by atoms with Crippen LogP contribution in [0.3, 0.4) is 0 Å². The third-order valence-corrected chi connectivity index (χ3v) is 5.88. The summed E-state index contributed by atoms with van der Waals surface area (Å²) < 4.78 is 5.27. The summed E-state index contributed by atoms with van der Waals surface area (Å²) in [7, 11) is 0. The number of benzene rings is 2. The van der Waals surface area contributed by atoms with E-state index in [-0.39, 0.29) is 17.7 Å². The number of nitrogens with one attached hydrogen (secondary N) is 1. The molecule has 0 aliphatic rings. The zero-order chi connectivity index (χ0) is 22.0. The Morgan fingerprint density at radius 3 is 2.61 bits per heavy atom. The monoisotopic (exact) mass is 450 g/mol. The van der Waals surface area contributed by atoms with Gasteiger partial charge in [-0.3, -0.25) is 4.79 Å². The molecule has 0 unspecified atom stereocenters. The molecule has 4 aromatic rings. The summed E-state index contributed by atoms with van der Waals surface area (Å²) in [5.41, 5.74) is 4.06. The number of carbonyl (C=O) groups is 2. The number of hydrogen-bond donors (Lipinski definition) is 1. The summed E-state index contributed by atoms with van der Waals surface area (Å²) in [6, 6.07) is 16.6. The average molecular weight is 451 g/mol. The van der Waals surface area contributed by atoms with Crippen LogP contribution in [0.4, 0.5) is 5.00 Å². The Bertz CT molecular complexity index is 1280. The van der Waals surface area contributed by atoms with Gasteiger partial charge in [-0.25, -0.2) is 9.78 Å². The molecule has 31 heavy (non-hydrogen) atoms. The molecule has 2 aromatic carbocycles. The molecular formula is C24H19ClN2O3S. The fourth-order valence-electron chi connectivity index (χ4n) is 3.30. The predicted octanol–water partition coefficient (Wildman–Crippen LogP) is 6.35. The van der Waals surface area contributed by atoms with Crippen LogP contribution in [-0.2, 0) is 4.74 Å². The number of halogens is 1. The zero-order valence-electron chi connectivity index (χ0n) is 16.9. The van der Waals surface area contributed by atoms with Crippen LogP contribution in [-0.4, -0.2) is 23.5 Å². The molecule has 0 aliphatic heterocycles. The van der Waals surface area contributed by atoms with E-state index in [0.29, 0.717) is 27.0 Å². The van der Waals surface area contributed by atoms with Gasteiger partial charge >= 0.3 is 5.97 Å². The topological polar surface area (TPSA) is 68.3 Å². The summed E-state index contributed by atoms with van der Waals surface area (Å²) in [6.07, 6.45) is 0. The first kappa shape index (κ1) is 21.0. The van der Waals surface area contributed by atoms with E-state index in [2.05, 4.69) is 10.3 Å². The Balaban J connectivity index is 1.76. The van der Waals surface area contributed by atoms with Crippen molar-refractivity contribution < 1.29 is 14.3 Å². The second-order valence-electron chi connectivity index (χ2n) is 6.90. The number of anilines is 1. The smallest absolute Gasteiger partial charge is 0.341 e. The quantitative estimate of drug-likeness (QED) is 0.284. The van der Waals surface area contributed by atoms with Gasteiger partial charge in [0.25, 0.3) is 5.91 Å². The Kier molecular flexibility index (Phi) is 6.02. The van der Waals surface area contributed by atoms with Crippen molar-refractivity contribution in [2.75, 3.05) is 11.9 Å². The molecule has 0 atom stereocenters. The van der Waals surface area contributed by atoms with Crippen LogP contribution >= 0.6 is 22.9 Å². The van der Waals surface area contributed by atoms with E-state index >= 15 is 0 Å². The fraction of sp³-hybridized carbons (Fsp3) is 0.125. The van der Waals surface area contributed by atoms with Crippen molar-refractivity contribution in [1.82, 2.24) is 4.98 Å². The Labute approximate surface area is 188 Å². The van der Waals surface area contributed by atoms with Gasteiger partial charge < -0.3 is 10.1 Å². The van der Waals surface area contributed by atoms with Gasteiger partial charge in [-0.15, -0.1) is 11.3 Å². The predicted molar refractivity (Wildman–Crippen MR) is 125 cm³/mol. The lowest BCUT2D eigenvalue weighted by molar-refractivity contribution is 0.0529. The molecule has 2 aromatic heterocycles. The van der Waals surface area contributed by atoms with E-state index in [4.69, 9.17) is 16.3 Å². The molecular weight excluding hydrogens is 432 g/mol. The first-order chi connectivity index (χ1) is 15.0. The Hall–Kier alpha value is -3.22. The van der Waals surface area contributed by atoms with Gasteiger partial charge in [-0.05, 0) is 31.5 Å². The molecule has 1 N–H and O–H groups in total. The van der Waals surface area contributed by atoms with Crippen molar-refractivity contribution in [3.63, 3.8) is 0 Å². The minimum atomic E-state index is -0.479. The molecule has 156 valence electrons. The highest BCUT2D eigenvalue weighted by Gasteiger charge is 2.24. The number of para-hydroxylation sites is 1. The number of aryl methyl sites for hydroxylation is 1. The summed E-state index contributed by atoms with van der Waals surface area (Å²) in [6.45, 7) is 3.98. The minimum absolute atomic E-state index is 0.223. The van der Waals surface area contributed by atoms with Crippen LogP contribution < -0.4 is 5.32 Å². The van der Waals surface area contributed by atoms with Gasteiger partial charge in [0.2, 0.25) is 0 Å². The van der Waals surface area contributed by atoms with Gasteiger partial charge in [0.1, 0.15) is 15.7 Å². The normalized spacial score (nSPS) is 10.8. The van der Waals surface area contributed by atoms with E-state index in [1.165, 1.54) is 17.4 Å². The molecule has 0 saturated heterocycles. The highest BCUT2D eigenvalue weighted by Crippen LogP contribution is 2.37. The van der Waals surface area contributed by atoms with Crippen molar-refractivity contribution in [2.24, 2.45) is 0 Å². The SMILES string of the molecule is CCOC(=O)c1c(-c2ccc(C)cc2)csc1NC(=O)c1cc(Cl)nc2ccccc12. The number of amides is 1. The maximum Gasteiger partial charge on any atom is 0.341 e. The lowest BCUT2D eigenvalue weighted by Crippen LogP contribution is -2.15. The molecule has 0 spiro atoms. The van der Waals surface area contributed by atoms with E-state index in [1.54, 1.807) is 13.0 Å². The van der Waals surface area contributed by atoms with Crippen LogP contribution in [0, 0.1) is 6.92 Å². The zero-order valence-corrected chi connectivity index (χ0v) is 18.5. The van der Waals surface area contributed by atoms with Crippen molar-refractivity contribution >= 4 is 50.7 Å². The molecule has 7 heteroatoms. The van der Waals surface area contributed by atoms with Crippen molar-refractivity contribution in [1.29, 1.82) is 0 Å². The van der Waals surface area contributed by atoms with Crippen LogP contribution in [0.25, 0.3) is 22.0 Å². The van der Waals surface area contributed by atoms with E-state index in [9.17, 15) is 9.59 Å². The lowest BCUT2D eigenvalue weighted by Gasteiger charge is -2.10. The highest BCUT2D eigenvalue weighted by atomic mass is 35.5. The van der Waals surface area contributed by atoms with Crippen molar-refractivity contribution in [3.8, 4) is 11.1 Å². The highest BCUT2D eigenvalue weighted by molar-refractivity contribution is 7.15. The first-order valence-electron chi connectivity index (χ1n) is 9.70. The van der Waals surface area contributed by atoms with Crippen molar-refractivity contribution in [2.45, 2.75) is 13.8 Å². The summed E-state index contributed by atoms with van der Waals surface area (Å²) in [5, 5.41) is 6.06. The number of ether oxygens (including phenoxy) is 1. The standard InChI is InChI=1S/C24H19ClN2O3S/c1-3-30-24(29)21-18(15-10-8-14(2)9-11-15)13-31-23(21)27-22(28)17-12-20(25)26-19-7-5-4-6-16(17)19/h4-13H,3H2,1-2H3,(H,27,28). The number of carbonyl (C=O) groups excluding carboxylic acids is 2. The van der Waals surface area contributed by atoms with E-state index in [0.717, 1.165) is 16.7 Å². The minimum Gasteiger partial charge on any atom is -0.462 e. The molecule has 0 radical (unpaired) electrons.